The molecule has 4 rings (SSSR count). The normalized spacial score (nSPS) is 10.7. The summed E-state index contributed by atoms with van der Waals surface area (Å²) in [6.45, 7) is 1.95. The third kappa shape index (κ3) is 4.09. The number of nitrogens with one attached hydrogen (secondary N) is 2. The van der Waals surface area contributed by atoms with Gasteiger partial charge >= 0.3 is 0 Å². The molecule has 6 nitrogen and oxygen atoms in total. The maximum Gasteiger partial charge on any atom is 0.257 e. The lowest BCUT2D eigenvalue weighted by molar-refractivity contribution is 0.0977. The summed E-state index contributed by atoms with van der Waals surface area (Å²) in [5.41, 5.74) is 3.91. The molecule has 1 aromatic heterocycles. The van der Waals surface area contributed by atoms with Crippen LogP contribution in [0.3, 0.4) is 0 Å². The number of aromatic nitrogens is 1. The van der Waals surface area contributed by atoms with Gasteiger partial charge in [0.1, 0.15) is 11.3 Å². The van der Waals surface area contributed by atoms with Gasteiger partial charge in [0.15, 0.2) is 10.7 Å². The number of aryl methyl sites for hydroxylation is 1. The summed E-state index contributed by atoms with van der Waals surface area (Å²) in [4.78, 5) is 16.6. The summed E-state index contributed by atoms with van der Waals surface area (Å²) in [6, 6.07) is 19.4. The number of amides is 1. The van der Waals surface area contributed by atoms with Gasteiger partial charge < -0.3 is 14.8 Å². The molecule has 1 heterocycles. The van der Waals surface area contributed by atoms with E-state index in [1.807, 2.05) is 43.3 Å². The number of para-hydroxylation sites is 2. The average molecular weight is 403 g/mol. The number of carbonyl (C=O) groups excluding carboxylic acids is 1. The van der Waals surface area contributed by atoms with Crippen LogP contribution in [0.1, 0.15) is 15.9 Å². The molecule has 3 N–H and O–H groups in total. The number of oxazole rings is 1. The summed E-state index contributed by atoms with van der Waals surface area (Å²) in [7, 11) is 0. The van der Waals surface area contributed by atoms with E-state index >= 15 is 0 Å². The molecule has 7 heteroatoms. The highest BCUT2D eigenvalue weighted by atomic mass is 32.1. The summed E-state index contributed by atoms with van der Waals surface area (Å²) in [5, 5.41) is 16.0. The molecular formula is C22H17N3O3S. The first-order valence-electron chi connectivity index (χ1n) is 8.87. The number of phenols is 1. The number of anilines is 1. The van der Waals surface area contributed by atoms with Gasteiger partial charge in [-0.3, -0.25) is 10.1 Å². The molecule has 0 saturated carbocycles. The summed E-state index contributed by atoms with van der Waals surface area (Å²) < 4.78 is 5.69. The maximum absolute atomic E-state index is 12.2. The van der Waals surface area contributed by atoms with Crippen LogP contribution >= 0.6 is 12.2 Å². The average Bonchev–Trinajstić information content (AvgIpc) is 3.12. The topological polar surface area (TPSA) is 87.4 Å². The first-order valence-corrected chi connectivity index (χ1v) is 9.28. The monoisotopic (exact) mass is 403 g/mol. The molecule has 0 saturated heterocycles. The van der Waals surface area contributed by atoms with Gasteiger partial charge in [0.25, 0.3) is 5.91 Å². The zero-order valence-corrected chi connectivity index (χ0v) is 16.3. The quantitative estimate of drug-likeness (QED) is 0.432. The number of nitrogens with zero attached hydrogens (tertiary/aromatic N) is 1. The number of fused-ring (bicyclic) bond motifs is 1. The predicted octanol–water partition coefficient (Wildman–Crippen LogP) is 4.64. The second-order valence-electron chi connectivity index (χ2n) is 6.49. The Morgan fingerprint density at radius 2 is 1.83 bits per heavy atom. The number of aromatic hydroxyl groups is 1. The van der Waals surface area contributed by atoms with Gasteiger partial charge in [0, 0.05) is 17.3 Å². The number of thiocarbonyl (C=S) groups is 1. The lowest BCUT2D eigenvalue weighted by atomic mass is 10.1. The van der Waals surface area contributed by atoms with Crippen molar-refractivity contribution in [1.29, 1.82) is 0 Å². The molecule has 0 radical (unpaired) electrons. The van der Waals surface area contributed by atoms with E-state index in [2.05, 4.69) is 15.6 Å². The van der Waals surface area contributed by atoms with E-state index in [0.29, 0.717) is 33.8 Å². The van der Waals surface area contributed by atoms with Crippen molar-refractivity contribution in [2.75, 3.05) is 5.32 Å². The Kier molecular flexibility index (Phi) is 4.97. The van der Waals surface area contributed by atoms with E-state index in [9.17, 15) is 9.90 Å². The molecule has 0 spiro atoms. The van der Waals surface area contributed by atoms with E-state index in [-0.39, 0.29) is 16.8 Å². The standard InChI is InChI=1S/C22H17N3O3S/c1-13-6-8-14(9-7-13)20(27)25-22(29)23-15-10-11-16(18(26)12-15)21-24-17-4-2-3-5-19(17)28-21/h2-12,26H,1H3,(H2,23,25,27,29). The minimum absolute atomic E-state index is 0.0192. The first-order chi connectivity index (χ1) is 14.0. The molecule has 0 aliphatic rings. The van der Waals surface area contributed by atoms with Crippen molar-refractivity contribution in [3.63, 3.8) is 0 Å². The van der Waals surface area contributed by atoms with Crippen molar-refractivity contribution in [2.45, 2.75) is 6.92 Å². The fourth-order valence-corrected chi connectivity index (χ4v) is 3.03. The number of hydrogen-bond donors (Lipinski definition) is 3. The zero-order valence-electron chi connectivity index (χ0n) is 15.5. The van der Waals surface area contributed by atoms with Crippen molar-refractivity contribution < 1.29 is 14.3 Å². The van der Waals surface area contributed by atoms with Crippen LogP contribution in [0.5, 0.6) is 5.75 Å². The third-order valence-corrected chi connectivity index (χ3v) is 4.52. The SMILES string of the molecule is Cc1ccc(C(=O)NC(=S)Nc2ccc(-c3nc4ccccc4o3)c(O)c2)cc1. The smallest absolute Gasteiger partial charge is 0.257 e. The molecule has 29 heavy (non-hydrogen) atoms. The third-order valence-electron chi connectivity index (χ3n) is 4.32. The number of phenolic OH excluding ortho intramolecular Hbond substituents is 1. The van der Waals surface area contributed by atoms with E-state index < -0.39 is 0 Å². The van der Waals surface area contributed by atoms with Crippen molar-refractivity contribution in [3.05, 3.63) is 77.9 Å². The Morgan fingerprint density at radius 3 is 2.55 bits per heavy atom. The van der Waals surface area contributed by atoms with Crippen molar-refractivity contribution >= 4 is 40.0 Å². The fourth-order valence-electron chi connectivity index (χ4n) is 2.82. The zero-order chi connectivity index (χ0) is 20.4. The van der Waals surface area contributed by atoms with Crippen LogP contribution in [-0.2, 0) is 0 Å². The van der Waals surface area contributed by atoms with Crippen LogP contribution in [0, 0.1) is 6.92 Å². The maximum atomic E-state index is 12.2. The van der Waals surface area contributed by atoms with Gasteiger partial charge in [-0.1, -0.05) is 29.8 Å². The molecule has 0 fully saturated rings. The minimum atomic E-state index is -0.310. The second kappa shape index (κ2) is 7.73. The van der Waals surface area contributed by atoms with E-state index in [0.717, 1.165) is 5.56 Å². The van der Waals surface area contributed by atoms with Crippen molar-refractivity contribution in [2.24, 2.45) is 0 Å². The Labute approximate surface area is 172 Å². The Bertz CT molecular complexity index is 1180. The highest BCUT2D eigenvalue weighted by molar-refractivity contribution is 7.80. The Morgan fingerprint density at radius 1 is 1.07 bits per heavy atom. The number of rotatable bonds is 3. The summed E-state index contributed by atoms with van der Waals surface area (Å²) >= 11 is 5.20. The van der Waals surface area contributed by atoms with Crippen LogP contribution in [-0.4, -0.2) is 21.1 Å². The van der Waals surface area contributed by atoms with Crippen LogP contribution in [0.15, 0.2) is 71.1 Å². The number of benzene rings is 3. The number of hydrogen-bond acceptors (Lipinski definition) is 5. The van der Waals surface area contributed by atoms with E-state index in [1.54, 1.807) is 24.3 Å². The predicted molar refractivity (Wildman–Crippen MR) is 116 cm³/mol. The van der Waals surface area contributed by atoms with Gasteiger partial charge in [-0.15, -0.1) is 0 Å². The highest BCUT2D eigenvalue weighted by Gasteiger charge is 2.13. The van der Waals surface area contributed by atoms with E-state index in [1.165, 1.54) is 6.07 Å². The van der Waals surface area contributed by atoms with Crippen molar-refractivity contribution in [3.8, 4) is 17.2 Å². The number of carbonyl (C=O) groups is 1. The first kappa shape index (κ1) is 18.6. The Hall–Kier alpha value is -3.71. The molecule has 4 aromatic rings. The summed E-state index contributed by atoms with van der Waals surface area (Å²) in [6.07, 6.45) is 0. The van der Waals surface area contributed by atoms with Crippen LogP contribution in [0.2, 0.25) is 0 Å². The van der Waals surface area contributed by atoms with Gasteiger partial charge in [0.05, 0.1) is 5.56 Å². The minimum Gasteiger partial charge on any atom is -0.507 e. The van der Waals surface area contributed by atoms with Gasteiger partial charge in [-0.05, 0) is 55.5 Å². The molecule has 0 aliphatic heterocycles. The molecular weight excluding hydrogens is 386 g/mol. The molecule has 0 bridgehead atoms. The second-order valence-corrected chi connectivity index (χ2v) is 6.90. The lowest BCUT2D eigenvalue weighted by Crippen LogP contribution is -2.34. The van der Waals surface area contributed by atoms with Gasteiger partial charge in [-0.25, -0.2) is 4.98 Å². The van der Waals surface area contributed by atoms with Crippen molar-refractivity contribution in [1.82, 2.24) is 10.3 Å². The van der Waals surface area contributed by atoms with Crippen LogP contribution in [0.4, 0.5) is 5.69 Å². The van der Waals surface area contributed by atoms with E-state index in [4.69, 9.17) is 16.6 Å². The molecule has 3 aromatic carbocycles. The van der Waals surface area contributed by atoms with Crippen LogP contribution < -0.4 is 10.6 Å². The molecule has 0 unspecified atom stereocenters. The molecule has 144 valence electrons. The lowest BCUT2D eigenvalue weighted by Gasteiger charge is -2.11. The molecule has 0 atom stereocenters. The highest BCUT2D eigenvalue weighted by Crippen LogP contribution is 2.32. The fraction of sp³-hybridized carbons (Fsp3) is 0.0455. The van der Waals surface area contributed by atoms with Gasteiger partial charge in [0.2, 0.25) is 5.89 Å². The van der Waals surface area contributed by atoms with Gasteiger partial charge in [-0.2, -0.15) is 0 Å². The molecule has 0 aliphatic carbocycles. The van der Waals surface area contributed by atoms with Crippen LogP contribution in [0.25, 0.3) is 22.6 Å². The summed E-state index contributed by atoms with van der Waals surface area (Å²) in [5.74, 6) is -0.00506. The largest absolute Gasteiger partial charge is 0.507 e. The molecule has 1 amide bonds. The Balaban J connectivity index is 1.47.